The maximum absolute atomic E-state index is 13.4. The summed E-state index contributed by atoms with van der Waals surface area (Å²) in [5.74, 6) is 1.62. The molecule has 0 radical (unpaired) electrons. The van der Waals surface area contributed by atoms with Gasteiger partial charge in [0, 0.05) is 42.7 Å². The highest BCUT2D eigenvalue weighted by Crippen LogP contribution is 2.39. The predicted molar refractivity (Wildman–Crippen MR) is 184 cm³/mol. The fourth-order valence-corrected chi connectivity index (χ4v) is 5.75. The van der Waals surface area contributed by atoms with Gasteiger partial charge in [-0.1, -0.05) is 45.0 Å². The van der Waals surface area contributed by atoms with E-state index >= 15 is 0 Å². The van der Waals surface area contributed by atoms with Gasteiger partial charge in [-0.3, -0.25) is 15.2 Å². The van der Waals surface area contributed by atoms with Crippen LogP contribution in [0.3, 0.4) is 0 Å². The van der Waals surface area contributed by atoms with Crippen molar-refractivity contribution < 1.29 is 28.5 Å². The number of benzene rings is 3. The zero-order valence-corrected chi connectivity index (χ0v) is 28.0. The molecule has 1 aliphatic heterocycles. The van der Waals surface area contributed by atoms with Gasteiger partial charge in [-0.2, -0.15) is 0 Å². The second-order valence-corrected chi connectivity index (χ2v) is 12.7. The lowest BCUT2D eigenvalue weighted by atomic mass is 9.86. The molecule has 3 amide bonds. The molecule has 0 saturated carbocycles. The molecule has 4 aromatic rings. The van der Waals surface area contributed by atoms with Crippen LogP contribution in [0.2, 0.25) is 0 Å². The third-order valence-electron chi connectivity index (χ3n) is 7.86. The van der Waals surface area contributed by atoms with Gasteiger partial charge in [0.2, 0.25) is 0 Å². The maximum atomic E-state index is 13.4. The van der Waals surface area contributed by atoms with Gasteiger partial charge in [-0.15, -0.1) is 0 Å². The molecular weight excluding hydrogens is 598 g/mol. The zero-order valence-electron chi connectivity index (χ0n) is 28.0. The Morgan fingerprint density at radius 1 is 0.894 bits per heavy atom. The first-order valence-electron chi connectivity index (χ1n) is 15.6. The number of aromatic nitrogens is 1. The van der Waals surface area contributed by atoms with Crippen LogP contribution in [0.4, 0.5) is 26.7 Å². The lowest BCUT2D eigenvalue weighted by Crippen LogP contribution is -2.44. The fraction of sp³-hybridized carbons (Fsp3) is 0.361. The number of fused-ring (bicyclic) bond motifs is 1. The average molecular weight is 642 g/mol. The Balaban J connectivity index is 1.36. The Morgan fingerprint density at radius 3 is 2.21 bits per heavy atom. The van der Waals surface area contributed by atoms with Gasteiger partial charge in [0.25, 0.3) is 0 Å². The topological polar surface area (TPSA) is 123 Å². The highest BCUT2D eigenvalue weighted by atomic mass is 16.5. The first kappa shape index (κ1) is 33.5. The second-order valence-electron chi connectivity index (χ2n) is 12.7. The second kappa shape index (κ2) is 14.3. The quantitative estimate of drug-likeness (QED) is 0.178. The van der Waals surface area contributed by atoms with Gasteiger partial charge in [0.05, 0.1) is 49.2 Å². The number of methoxy groups -OCH3 is 2. The fourth-order valence-electron chi connectivity index (χ4n) is 5.75. The van der Waals surface area contributed by atoms with Gasteiger partial charge < -0.3 is 29.6 Å². The number of anilines is 3. The number of hydrogen-bond donors (Lipinski definition) is 3. The van der Waals surface area contributed by atoms with Gasteiger partial charge >= 0.3 is 12.1 Å². The summed E-state index contributed by atoms with van der Waals surface area (Å²) in [6.45, 7) is 12.7. The molecule has 3 N–H and O–H groups in total. The van der Waals surface area contributed by atoms with Gasteiger partial charge in [0.15, 0.2) is 5.75 Å². The number of nitrogens with zero attached hydrogens (tertiary/aromatic N) is 2. The van der Waals surface area contributed by atoms with E-state index in [0.29, 0.717) is 40.9 Å². The molecule has 1 saturated heterocycles. The molecule has 0 spiro atoms. The van der Waals surface area contributed by atoms with Crippen LogP contribution < -0.4 is 25.4 Å². The number of ether oxygens (including phenoxy) is 4. The standard InChI is InChI=1S/C36H43N5O6/c1-22-19-41(20-23(2)46-22)21-25-18-26(14-15-37-25)47-32-13-12-29(27-10-8-9-11-28(27)32)38-34(42)39-30-16-24(36(3,4)5)17-31(33(30)44-6)40-35(43)45-7/h8-18,22-23H,19-21H2,1-7H3,(H,40,43)(H2,38,39,42). The van der Waals surface area contributed by atoms with E-state index in [9.17, 15) is 9.59 Å². The van der Waals surface area contributed by atoms with E-state index in [2.05, 4.69) is 39.7 Å². The number of nitrogens with one attached hydrogen (secondary N) is 3. The minimum Gasteiger partial charge on any atom is -0.492 e. The molecule has 248 valence electrons. The number of amides is 3. The average Bonchev–Trinajstić information content (AvgIpc) is 3.01. The molecule has 0 bridgehead atoms. The number of pyridine rings is 1. The summed E-state index contributed by atoms with van der Waals surface area (Å²) in [7, 11) is 2.75. The summed E-state index contributed by atoms with van der Waals surface area (Å²) in [6.07, 6.45) is 1.46. The van der Waals surface area contributed by atoms with Crippen LogP contribution >= 0.6 is 0 Å². The van der Waals surface area contributed by atoms with Gasteiger partial charge in [-0.05, 0) is 55.2 Å². The van der Waals surface area contributed by atoms with E-state index in [0.717, 1.165) is 35.1 Å². The van der Waals surface area contributed by atoms with Gasteiger partial charge in [0.1, 0.15) is 11.5 Å². The van der Waals surface area contributed by atoms with E-state index in [1.54, 1.807) is 12.3 Å². The molecule has 5 rings (SSSR count). The van der Waals surface area contributed by atoms with Crippen molar-refractivity contribution in [2.24, 2.45) is 0 Å². The van der Waals surface area contributed by atoms with Crippen molar-refractivity contribution >= 4 is 40.0 Å². The van der Waals surface area contributed by atoms with Crippen LogP contribution in [0.25, 0.3) is 10.8 Å². The molecule has 2 heterocycles. The van der Waals surface area contributed by atoms with Crippen LogP contribution in [0.5, 0.6) is 17.2 Å². The number of rotatable bonds is 8. The zero-order chi connectivity index (χ0) is 33.7. The summed E-state index contributed by atoms with van der Waals surface area (Å²) in [5, 5.41) is 10.2. The van der Waals surface area contributed by atoms with Crippen molar-refractivity contribution in [3.05, 3.63) is 78.1 Å². The number of carbonyl (C=O) groups is 2. The van der Waals surface area contributed by atoms with Crippen LogP contribution in [-0.4, -0.2) is 61.5 Å². The number of hydrogen-bond acceptors (Lipinski definition) is 8. The van der Waals surface area contributed by atoms with E-state index in [1.165, 1.54) is 14.2 Å². The normalized spacial score (nSPS) is 16.7. The maximum Gasteiger partial charge on any atom is 0.411 e. The van der Waals surface area contributed by atoms with Crippen molar-refractivity contribution in [2.45, 2.75) is 58.8 Å². The molecule has 2 unspecified atom stereocenters. The number of urea groups is 1. The van der Waals surface area contributed by atoms with Gasteiger partial charge in [-0.25, -0.2) is 9.59 Å². The summed E-state index contributed by atoms with van der Waals surface area (Å²) < 4.78 is 22.6. The lowest BCUT2D eigenvalue weighted by Gasteiger charge is -2.35. The Kier molecular flexibility index (Phi) is 10.2. The highest BCUT2D eigenvalue weighted by Gasteiger charge is 2.24. The van der Waals surface area contributed by atoms with Crippen molar-refractivity contribution in [3.63, 3.8) is 0 Å². The molecule has 1 aliphatic rings. The van der Waals surface area contributed by atoms with Crippen molar-refractivity contribution in [1.82, 2.24) is 9.88 Å². The molecule has 0 aliphatic carbocycles. The third-order valence-corrected chi connectivity index (χ3v) is 7.86. The Bertz CT molecular complexity index is 1740. The largest absolute Gasteiger partial charge is 0.492 e. The predicted octanol–water partition coefficient (Wildman–Crippen LogP) is 7.76. The molecular formula is C36H43N5O6. The Hall–Kier alpha value is -4.87. The lowest BCUT2D eigenvalue weighted by molar-refractivity contribution is -0.0707. The number of carbonyl (C=O) groups excluding carboxylic acids is 2. The molecule has 47 heavy (non-hydrogen) atoms. The molecule has 11 heteroatoms. The smallest absolute Gasteiger partial charge is 0.411 e. The minimum absolute atomic E-state index is 0.176. The molecule has 11 nitrogen and oxygen atoms in total. The van der Waals surface area contributed by atoms with Crippen LogP contribution in [0, 0.1) is 0 Å². The number of morpholine rings is 1. The SMILES string of the molecule is COC(=O)Nc1cc(C(C)(C)C)cc(NC(=O)Nc2ccc(Oc3ccnc(CN4CC(C)OC(C)C4)c3)c3ccccc23)c1OC. The molecule has 2 atom stereocenters. The first-order valence-corrected chi connectivity index (χ1v) is 15.6. The van der Waals surface area contributed by atoms with E-state index in [-0.39, 0.29) is 17.6 Å². The monoisotopic (exact) mass is 641 g/mol. The Morgan fingerprint density at radius 2 is 1.55 bits per heavy atom. The Labute approximate surface area is 275 Å². The van der Waals surface area contributed by atoms with Crippen LogP contribution in [0.1, 0.15) is 45.9 Å². The third kappa shape index (κ3) is 8.30. The summed E-state index contributed by atoms with van der Waals surface area (Å²) in [5.41, 5.74) is 2.87. The summed E-state index contributed by atoms with van der Waals surface area (Å²) >= 11 is 0. The van der Waals surface area contributed by atoms with Crippen molar-refractivity contribution in [2.75, 3.05) is 43.3 Å². The van der Waals surface area contributed by atoms with Crippen molar-refractivity contribution in [1.29, 1.82) is 0 Å². The van der Waals surface area contributed by atoms with Crippen LogP contribution in [0.15, 0.2) is 66.9 Å². The summed E-state index contributed by atoms with van der Waals surface area (Å²) in [4.78, 5) is 32.4. The molecule has 1 fully saturated rings. The first-order chi connectivity index (χ1) is 22.4. The minimum atomic E-state index is -0.650. The van der Waals surface area contributed by atoms with E-state index < -0.39 is 12.1 Å². The molecule has 3 aromatic carbocycles. The van der Waals surface area contributed by atoms with Crippen LogP contribution in [-0.2, 0) is 21.4 Å². The van der Waals surface area contributed by atoms with E-state index in [4.69, 9.17) is 18.9 Å². The molecule has 1 aromatic heterocycles. The van der Waals surface area contributed by atoms with Crippen molar-refractivity contribution in [3.8, 4) is 17.2 Å². The van der Waals surface area contributed by atoms with E-state index in [1.807, 2.05) is 75.4 Å². The highest BCUT2D eigenvalue weighted by molar-refractivity contribution is 6.08. The summed E-state index contributed by atoms with van der Waals surface area (Å²) in [6, 6.07) is 18.3.